The Morgan fingerprint density at radius 1 is 0.488 bits per heavy atom. The van der Waals surface area contributed by atoms with Gasteiger partial charge in [0.2, 0.25) is 0 Å². The summed E-state index contributed by atoms with van der Waals surface area (Å²) in [4.78, 5) is 0. The van der Waals surface area contributed by atoms with Crippen LogP contribution < -0.4 is 0 Å². The number of allylic oxidation sites excluding steroid dienone is 1. The standard InChI is InChI=1S/C19H40O2.C16H32.C3H8O2.CH4/c1-3-4-5-6-7-8-9-10-11-12-13-14-16-19(2)21-18-15-17-20;1-3-5-7-9-11-13-15-16-14-12-10-8-6-4-2;4-2-1-3-5;/h19-20H,3-18H2,1-2H3;3H,1,4-16H2,2H3;4-5H,1-3H2;1H4. The maximum atomic E-state index is 8.69. The van der Waals surface area contributed by atoms with Gasteiger partial charge in [-0.3, -0.25) is 0 Å². The lowest BCUT2D eigenvalue weighted by atomic mass is 10.0. The summed E-state index contributed by atoms with van der Waals surface area (Å²) >= 11 is 0. The number of ether oxygens (including phenoxy) is 1. The van der Waals surface area contributed by atoms with Gasteiger partial charge in [-0.05, 0) is 39.0 Å². The van der Waals surface area contributed by atoms with Crippen molar-refractivity contribution in [2.75, 3.05) is 26.4 Å². The van der Waals surface area contributed by atoms with Gasteiger partial charge >= 0.3 is 0 Å². The third-order valence-corrected chi connectivity index (χ3v) is 7.75. The SMILES string of the molecule is C.C=CCCCCCCCCCCCCCC.CCCCCCCCCCCCCCC(C)OCCCO.OCCCO. The zero-order valence-electron chi connectivity index (χ0n) is 29.2. The van der Waals surface area contributed by atoms with E-state index in [1.165, 1.54) is 167 Å². The van der Waals surface area contributed by atoms with E-state index in [0.717, 1.165) is 6.42 Å². The molecule has 0 aliphatic carbocycles. The summed E-state index contributed by atoms with van der Waals surface area (Å²) in [7, 11) is 0. The second kappa shape index (κ2) is 51.2. The second-order valence-electron chi connectivity index (χ2n) is 12.2. The summed E-state index contributed by atoms with van der Waals surface area (Å²) < 4.78 is 5.62. The van der Waals surface area contributed by atoms with Crippen molar-refractivity contribution in [1.82, 2.24) is 0 Å². The Balaban J connectivity index is -0.000000306. The first-order valence-electron chi connectivity index (χ1n) is 18.7. The van der Waals surface area contributed by atoms with Crippen LogP contribution in [0, 0.1) is 0 Å². The molecule has 0 aliphatic heterocycles. The molecule has 0 fully saturated rings. The fraction of sp³-hybridized carbons (Fsp3) is 0.949. The Kier molecular flexibility index (Phi) is 58.9. The van der Waals surface area contributed by atoms with Crippen LogP contribution in [0.15, 0.2) is 12.7 Å². The molecule has 0 rings (SSSR count). The number of unbranched alkanes of at least 4 members (excludes halogenated alkanes) is 23. The average Bonchev–Trinajstić information content (AvgIpc) is 2.99. The molecule has 0 aliphatic rings. The van der Waals surface area contributed by atoms with Crippen molar-refractivity contribution in [3.05, 3.63) is 12.7 Å². The molecule has 0 aromatic heterocycles. The van der Waals surface area contributed by atoms with Gasteiger partial charge in [-0.2, -0.15) is 0 Å². The number of aliphatic hydroxyl groups is 3. The molecule has 1 unspecified atom stereocenters. The van der Waals surface area contributed by atoms with Crippen LogP contribution in [0.1, 0.15) is 208 Å². The zero-order chi connectivity index (χ0) is 31.6. The number of hydrogen-bond acceptors (Lipinski definition) is 4. The van der Waals surface area contributed by atoms with Crippen molar-refractivity contribution < 1.29 is 20.1 Å². The van der Waals surface area contributed by atoms with Gasteiger partial charge in [0.15, 0.2) is 0 Å². The minimum absolute atomic E-state index is 0. The molecule has 0 saturated heterocycles. The van der Waals surface area contributed by atoms with Crippen LogP contribution in [-0.4, -0.2) is 47.9 Å². The van der Waals surface area contributed by atoms with Gasteiger partial charge in [-0.15, -0.1) is 6.58 Å². The van der Waals surface area contributed by atoms with Crippen molar-refractivity contribution in [1.29, 1.82) is 0 Å². The summed E-state index contributed by atoms with van der Waals surface area (Å²) in [6.07, 6.45) is 40.1. The van der Waals surface area contributed by atoms with E-state index in [0.29, 0.717) is 19.1 Å². The number of rotatable bonds is 32. The van der Waals surface area contributed by atoms with Gasteiger partial charge in [0.05, 0.1) is 6.10 Å². The summed E-state index contributed by atoms with van der Waals surface area (Å²) in [6.45, 7) is 11.6. The monoisotopic (exact) mass is 617 g/mol. The number of aliphatic hydroxyl groups excluding tert-OH is 3. The Bertz CT molecular complexity index is 427. The summed E-state index contributed by atoms with van der Waals surface area (Å²) in [6, 6.07) is 0. The van der Waals surface area contributed by atoms with Crippen molar-refractivity contribution >= 4 is 0 Å². The van der Waals surface area contributed by atoms with Crippen LogP contribution in [0.25, 0.3) is 0 Å². The first-order chi connectivity index (χ1) is 20.6. The lowest BCUT2D eigenvalue weighted by Gasteiger charge is -2.12. The highest BCUT2D eigenvalue weighted by atomic mass is 16.5. The Hall–Kier alpha value is -0.420. The molecule has 0 bridgehead atoms. The van der Waals surface area contributed by atoms with Crippen LogP contribution in [-0.2, 0) is 4.74 Å². The predicted octanol–water partition coefficient (Wildman–Crippen LogP) is 12.1. The smallest absolute Gasteiger partial charge is 0.0547 e. The van der Waals surface area contributed by atoms with E-state index in [9.17, 15) is 0 Å². The van der Waals surface area contributed by atoms with Gasteiger partial charge in [0.1, 0.15) is 0 Å². The molecule has 1 atom stereocenters. The third kappa shape index (κ3) is 57.8. The molecule has 0 saturated carbocycles. The molecule has 0 aromatic carbocycles. The molecule has 264 valence electrons. The van der Waals surface area contributed by atoms with Gasteiger partial charge in [0, 0.05) is 26.4 Å². The first kappa shape index (κ1) is 49.5. The molecule has 4 heteroatoms. The molecule has 0 aromatic rings. The molecule has 3 N–H and O–H groups in total. The van der Waals surface area contributed by atoms with E-state index in [4.69, 9.17) is 20.1 Å². The molecule has 0 heterocycles. The zero-order valence-corrected chi connectivity index (χ0v) is 29.2. The van der Waals surface area contributed by atoms with E-state index < -0.39 is 0 Å². The highest BCUT2D eigenvalue weighted by molar-refractivity contribution is 4.65. The predicted molar refractivity (Wildman–Crippen MR) is 194 cm³/mol. The minimum Gasteiger partial charge on any atom is -0.396 e. The lowest BCUT2D eigenvalue weighted by Crippen LogP contribution is -2.09. The van der Waals surface area contributed by atoms with E-state index in [-0.39, 0.29) is 27.2 Å². The first-order valence-corrected chi connectivity index (χ1v) is 18.7. The van der Waals surface area contributed by atoms with Crippen LogP contribution >= 0.6 is 0 Å². The van der Waals surface area contributed by atoms with E-state index >= 15 is 0 Å². The minimum atomic E-state index is 0. The normalized spacial score (nSPS) is 11.1. The summed E-state index contributed by atoms with van der Waals surface area (Å²) in [5.74, 6) is 0. The lowest BCUT2D eigenvalue weighted by molar-refractivity contribution is 0.0490. The topological polar surface area (TPSA) is 69.9 Å². The van der Waals surface area contributed by atoms with Crippen LogP contribution in [0.3, 0.4) is 0 Å². The Labute approximate surface area is 272 Å². The fourth-order valence-corrected chi connectivity index (χ4v) is 4.91. The van der Waals surface area contributed by atoms with Gasteiger partial charge in [0.25, 0.3) is 0 Å². The molecular formula is C39H84O4. The van der Waals surface area contributed by atoms with Crippen molar-refractivity contribution in [2.24, 2.45) is 0 Å². The van der Waals surface area contributed by atoms with Crippen LogP contribution in [0.4, 0.5) is 0 Å². The van der Waals surface area contributed by atoms with E-state index in [1.54, 1.807) is 0 Å². The Morgan fingerprint density at radius 2 is 0.814 bits per heavy atom. The second-order valence-corrected chi connectivity index (χ2v) is 12.2. The Morgan fingerprint density at radius 3 is 1.12 bits per heavy atom. The number of hydrogen-bond donors (Lipinski definition) is 3. The molecular weight excluding hydrogens is 532 g/mol. The highest BCUT2D eigenvalue weighted by Crippen LogP contribution is 2.14. The molecule has 0 amide bonds. The van der Waals surface area contributed by atoms with Gasteiger partial charge in [-0.1, -0.05) is 175 Å². The molecule has 4 nitrogen and oxygen atoms in total. The quantitative estimate of drug-likeness (QED) is 0.0519. The largest absolute Gasteiger partial charge is 0.396 e. The van der Waals surface area contributed by atoms with Crippen molar-refractivity contribution in [3.63, 3.8) is 0 Å². The fourth-order valence-electron chi connectivity index (χ4n) is 4.91. The molecule has 43 heavy (non-hydrogen) atoms. The maximum Gasteiger partial charge on any atom is 0.0547 e. The molecule has 0 radical (unpaired) electrons. The van der Waals surface area contributed by atoms with E-state index in [1.807, 2.05) is 6.08 Å². The van der Waals surface area contributed by atoms with Gasteiger partial charge in [-0.25, -0.2) is 0 Å². The average molecular weight is 617 g/mol. The highest BCUT2D eigenvalue weighted by Gasteiger charge is 2.01. The third-order valence-electron chi connectivity index (χ3n) is 7.75. The van der Waals surface area contributed by atoms with E-state index in [2.05, 4.69) is 27.4 Å². The van der Waals surface area contributed by atoms with Gasteiger partial charge < -0.3 is 20.1 Å². The summed E-state index contributed by atoms with van der Waals surface area (Å²) in [5.41, 5.74) is 0. The van der Waals surface area contributed by atoms with Crippen LogP contribution in [0.5, 0.6) is 0 Å². The van der Waals surface area contributed by atoms with Crippen molar-refractivity contribution in [3.8, 4) is 0 Å². The summed E-state index contributed by atoms with van der Waals surface area (Å²) in [5, 5.41) is 24.5. The maximum absolute atomic E-state index is 8.69. The molecule has 0 spiro atoms. The van der Waals surface area contributed by atoms with Crippen LogP contribution in [0.2, 0.25) is 0 Å². The van der Waals surface area contributed by atoms with Crippen molar-refractivity contribution in [2.45, 2.75) is 214 Å².